The first-order chi connectivity index (χ1) is 5.97. The van der Waals surface area contributed by atoms with Gasteiger partial charge in [0.05, 0.1) is 0 Å². The van der Waals surface area contributed by atoms with Crippen molar-refractivity contribution in [2.75, 3.05) is 6.61 Å². The van der Waals surface area contributed by atoms with Crippen molar-refractivity contribution in [2.24, 2.45) is 0 Å². The van der Waals surface area contributed by atoms with Crippen molar-refractivity contribution in [3.05, 3.63) is 24.1 Å². The summed E-state index contributed by atoms with van der Waals surface area (Å²) in [6.45, 7) is 0.580. The highest BCUT2D eigenvalue weighted by atomic mass is 19.4. The second-order valence-corrected chi connectivity index (χ2v) is 2.76. The molecule has 1 aliphatic rings. The number of hydrogen-bond acceptors (Lipinski definition) is 2. The number of hydrogen-bond donors (Lipinski definition) is 1. The van der Waals surface area contributed by atoms with E-state index in [-0.39, 0.29) is 11.8 Å². The van der Waals surface area contributed by atoms with E-state index in [0.717, 1.165) is 0 Å². The van der Waals surface area contributed by atoms with Gasteiger partial charge in [0.15, 0.2) is 6.61 Å². The van der Waals surface area contributed by atoms with Crippen LogP contribution in [0.15, 0.2) is 24.1 Å². The molecular weight excluding hydrogens is 183 g/mol. The maximum absolute atomic E-state index is 11.7. The summed E-state index contributed by atoms with van der Waals surface area (Å²) in [5.41, 5.74) is 0. The number of alkyl halides is 3. The molecule has 74 valence electrons. The molecule has 0 aromatic heterocycles. The molecule has 1 N–H and O–H groups in total. The van der Waals surface area contributed by atoms with Crippen LogP contribution in [0.5, 0.6) is 0 Å². The van der Waals surface area contributed by atoms with E-state index >= 15 is 0 Å². The average molecular weight is 193 g/mol. The molecule has 0 radical (unpaired) electrons. The predicted octanol–water partition coefficient (Wildman–Crippen LogP) is 1.95. The zero-order valence-corrected chi connectivity index (χ0v) is 7.06. The predicted molar refractivity (Wildman–Crippen MR) is 41.8 cm³/mol. The van der Waals surface area contributed by atoms with Gasteiger partial charge < -0.3 is 10.1 Å². The van der Waals surface area contributed by atoms with Crippen LogP contribution in [-0.2, 0) is 4.74 Å². The molecule has 1 unspecified atom stereocenters. The number of halogens is 3. The van der Waals surface area contributed by atoms with E-state index in [1.165, 1.54) is 6.08 Å². The SMILES string of the molecule is CC1C=C(OCC(F)(F)F)C=CN1. The lowest BCUT2D eigenvalue weighted by atomic mass is 10.2. The highest BCUT2D eigenvalue weighted by Gasteiger charge is 2.28. The Balaban J connectivity index is 2.41. The van der Waals surface area contributed by atoms with Crippen LogP contribution in [0.25, 0.3) is 0 Å². The van der Waals surface area contributed by atoms with E-state index in [9.17, 15) is 13.2 Å². The molecular formula is C8H10F3NO. The molecule has 1 aliphatic heterocycles. The van der Waals surface area contributed by atoms with Crippen LogP contribution < -0.4 is 5.32 Å². The van der Waals surface area contributed by atoms with Crippen molar-refractivity contribution >= 4 is 0 Å². The molecule has 0 aromatic rings. The maximum Gasteiger partial charge on any atom is 0.422 e. The number of nitrogens with one attached hydrogen (secondary N) is 1. The first kappa shape index (κ1) is 9.95. The maximum atomic E-state index is 11.7. The Morgan fingerprint density at radius 1 is 1.54 bits per heavy atom. The summed E-state index contributed by atoms with van der Waals surface area (Å²) in [7, 11) is 0. The second kappa shape index (κ2) is 3.72. The summed E-state index contributed by atoms with van der Waals surface area (Å²) in [4.78, 5) is 0. The zero-order valence-electron chi connectivity index (χ0n) is 7.06. The fourth-order valence-electron chi connectivity index (χ4n) is 0.893. The number of dihydropyridines is 1. The molecule has 0 aliphatic carbocycles. The topological polar surface area (TPSA) is 21.3 Å². The summed E-state index contributed by atoms with van der Waals surface area (Å²) >= 11 is 0. The highest BCUT2D eigenvalue weighted by molar-refractivity contribution is 5.18. The van der Waals surface area contributed by atoms with Crippen LogP contribution >= 0.6 is 0 Å². The molecule has 5 heteroatoms. The molecule has 2 nitrogen and oxygen atoms in total. The fourth-order valence-corrected chi connectivity index (χ4v) is 0.893. The molecule has 0 bridgehead atoms. The van der Waals surface area contributed by atoms with Gasteiger partial charge in [-0.2, -0.15) is 13.2 Å². The molecule has 0 spiro atoms. The monoisotopic (exact) mass is 193 g/mol. The van der Waals surface area contributed by atoms with Crippen molar-refractivity contribution in [2.45, 2.75) is 19.1 Å². The Kier molecular flexibility index (Phi) is 2.85. The van der Waals surface area contributed by atoms with Gasteiger partial charge in [0.1, 0.15) is 5.76 Å². The summed E-state index contributed by atoms with van der Waals surface area (Å²) in [6.07, 6.45) is 0.344. The van der Waals surface area contributed by atoms with Crippen LogP contribution in [0.1, 0.15) is 6.92 Å². The molecule has 1 atom stereocenters. The molecule has 0 amide bonds. The molecule has 0 fully saturated rings. The Hall–Kier alpha value is -1.13. The lowest BCUT2D eigenvalue weighted by Crippen LogP contribution is -2.23. The highest BCUT2D eigenvalue weighted by Crippen LogP contribution is 2.17. The third-order valence-corrected chi connectivity index (χ3v) is 1.42. The lowest BCUT2D eigenvalue weighted by Gasteiger charge is -2.16. The van der Waals surface area contributed by atoms with Crippen molar-refractivity contribution < 1.29 is 17.9 Å². The van der Waals surface area contributed by atoms with Gasteiger partial charge in [-0.15, -0.1) is 0 Å². The minimum atomic E-state index is -4.28. The third-order valence-electron chi connectivity index (χ3n) is 1.42. The second-order valence-electron chi connectivity index (χ2n) is 2.76. The van der Waals surface area contributed by atoms with Crippen molar-refractivity contribution in [3.63, 3.8) is 0 Å². The summed E-state index contributed by atoms with van der Waals surface area (Å²) in [5, 5.41) is 2.89. The minimum Gasteiger partial charge on any atom is -0.484 e. The normalized spacial score (nSPS) is 22.2. The van der Waals surface area contributed by atoms with E-state index in [1.807, 2.05) is 6.92 Å². The van der Waals surface area contributed by atoms with E-state index in [1.54, 1.807) is 12.3 Å². The van der Waals surface area contributed by atoms with Gasteiger partial charge in [0, 0.05) is 12.2 Å². The lowest BCUT2D eigenvalue weighted by molar-refractivity contribution is -0.163. The van der Waals surface area contributed by atoms with Gasteiger partial charge in [0.2, 0.25) is 0 Å². The first-order valence-electron chi connectivity index (χ1n) is 3.81. The van der Waals surface area contributed by atoms with Gasteiger partial charge in [-0.1, -0.05) is 0 Å². The van der Waals surface area contributed by atoms with E-state index in [2.05, 4.69) is 10.1 Å². The van der Waals surface area contributed by atoms with E-state index < -0.39 is 12.8 Å². The van der Waals surface area contributed by atoms with Crippen LogP contribution in [0.4, 0.5) is 13.2 Å². The van der Waals surface area contributed by atoms with Crippen LogP contribution in [-0.4, -0.2) is 18.8 Å². The van der Waals surface area contributed by atoms with Crippen molar-refractivity contribution in [3.8, 4) is 0 Å². The van der Waals surface area contributed by atoms with Crippen LogP contribution in [0, 0.1) is 0 Å². The Morgan fingerprint density at radius 2 is 2.23 bits per heavy atom. The van der Waals surface area contributed by atoms with Gasteiger partial charge in [0.25, 0.3) is 0 Å². The van der Waals surface area contributed by atoms with Gasteiger partial charge in [-0.25, -0.2) is 0 Å². The summed E-state index contributed by atoms with van der Waals surface area (Å²) < 4.78 is 39.7. The first-order valence-corrected chi connectivity index (χ1v) is 3.81. The Bertz CT molecular complexity index is 232. The van der Waals surface area contributed by atoms with Crippen LogP contribution in [0.3, 0.4) is 0 Å². The molecule has 1 heterocycles. The minimum absolute atomic E-state index is 0.00762. The molecule has 0 saturated heterocycles. The number of rotatable bonds is 2. The van der Waals surface area contributed by atoms with Crippen molar-refractivity contribution in [1.29, 1.82) is 0 Å². The smallest absolute Gasteiger partial charge is 0.422 e. The Morgan fingerprint density at radius 3 is 2.77 bits per heavy atom. The quantitative estimate of drug-likeness (QED) is 0.723. The fraction of sp³-hybridized carbons (Fsp3) is 0.500. The van der Waals surface area contributed by atoms with Crippen molar-refractivity contribution in [1.82, 2.24) is 5.32 Å². The molecule has 13 heavy (non-hydrogen) atoms. The number of allylic oxidation sites excluding steroid dienone is 1. The number of ether oxygens (including phenoxy) is 1. The van der Waals surface area contributed by atoms with Gasteiger partial charge in [-0.05, 0) is 19.1 Å². The van der Waals surface area contributed by atoms with Gasteiger partial charge >= 0.3 is 6.18 Å². The zero-order chi connectivity index (χ0) is 9.90. The molecule has 0 saturated carbocycles. The summed E-state index contributed by atoms with van der Waals surface area (Å²) in [5.74, 6) is 0.253. The molecule has 0 aromatic carbocycles. The molecule has 1 rings (SSSR count). The third kappa shape index (κ3) is 3.87. The summed E-state index contributed by atoms with van der Waals surface area (Å²) in [6, 6.07) is 0.00762. The largest absolute Gasteiger partial charge is 0.484 e. The van der Waals surface area contributed by atoms with E-state index in [0.29, 0.717) is 0 Å². The van der Waals surface area contributed by atoms with Gasteiger partial charge in [-0.3, -0.25) is 0 Å². The standard InChI is InChI=1S/C8H10F3NO/c1-6-4-7(2-3-12-6)13-5-8(9,10)11/h2-4,6,12H,5H2,1H3. The van der Waals surface area contributed by atoms with E-state index in [4.69, 9.17) is 0 Å². The Labute approximate surface area is 74.1 Å². The van der Waals surface area contributed by atoms with Crippen LogP contribution in [0.2, 0.25) is 0 Å². The average Bonchev–Trinajstić information content (AvgIpc) is 2.00.